The van der Waals surface area contributed by atoms with E-state index in [2.05, 4.69) is 10.3 Å². The molecule has 1 aliphatic rings. The summed E-state index contributed by atoms with van der Waals surface area (Å²) in [6, 6.07) is 4.52. The fourth-order valence-electron chi connectivity index (χ4n) is 2.42. The van der Waals surface area contributed by atoms with Crippen molar-refractivity contribution in [1.82, 2.24) is 10.3 Å². The maximum atomic E-state index is 13.8. The van der Waals surface area contributed by atoms with Gasteiger partial charge in [0.25, 0.3) is 5.91 Å². The molecule has 1 atom stereocenters. The van der Waals surface area contributed by atoms with Gasteiger partial charge in [0.1, 0.15) is 17.3 Å². The van der Waals surface area contributed by atoms with Gasteiger partial charge in [-0.1, -0.05) is 0 Å². The summed E-state index contributed by atoms with van der Waals surface area (Å²) < 4.78 is 19.0. The first kappa shape index (κ1) is 15.6. The molecule has 118 valence electrons. The van der Waals surface area contributed by atoms with Crippen LogP contribution in [0.25, 0.3) is 10.9 Å². The molecule has 0 unspecified atom stereocenters. The fourth-order valence-corrected chi connectivity index (χ4v) is 5.03. The van der Waals surface area contributed by atoms with E-state index in [1.807, 2.05) is 23.5 Å². The highest BCUT2D eigenvalue weighted by Gasteiger charge is 2.18. The number of halogens is 1. The zero-order valence-electron chi connectivity index (χ0n) is 12.1. The molecular formula is C15H17FN2O2S2. The maximum Gasteiger partial charge on any atom is 0.267 e. The molecule has 2 N–H and O–H groups in total. The predicted octanol–water partition coefficient (Wildman–Crippen LogP) is 2.89. The lowest BCUT2D eigenvalue weighted by Crippen LogP contribution is -2.33. The molecule has 1 saturated heterocycles. The summed E-state index contributed by atoms with van der Waals surface area (Å²) in [6.07, 6.45) is 0. The van der Waals surface area contributed by atoms with Crippen LogP contribution in [0.15, 0.2) is 18.2 Å². The fraction of sp³-hybridized carbons (Fsp3) is 0.400. The van der Waals surface area contributed by atoms with Crippen LogP contribution in [0.3, 0.4) is 0 Å². The van der Waals surface area contributed by atoms with Gasteiger partial charge in [0.2, 0.25) is 0 Å². The van der Waals surface area contributed by atoms with Crippen LogP contribution in [0.4, 0.5) is 4.39 Å². The van der Waals surface area contributed by atoms with Crippen LogP contribution in [0.1, 0.15) is 10.5 Å². The Morgan fingerprint density at radius 2 is 2.36 bits per heavy atom. The van der Waals surface area contributed by atoms with Crippen molar-refractivity contribution in [3.05, 3.63) is 29.7 Å². The van der Waals surface area contributed by atoms with Crippen molar-refractivity contribution in [2.75, 3.05) is 30.9 Å². The molecule has 0 radical (unpaired) electrons. The number of amides is 1. The lowest BCUT2D eigenvalue weighted by atomic mass is 10.2. The first-order chi connectivity index (χ1) is 10.7. The quantitative estimate of drug-likeness (QED) is 0.899. The minimum absolute atomic E-state index is 0.214. The van der Waals surface area contributed by atoms with Crippen LogP contribution in [-0.2, 0) is 0 Å². The molecule has 1 aromatic carbocycles. The summed E-state index contributed by atoms with van der Waals surface area (Å²) in [5, 5.41) is 3.94. The number of rotatable bonds is 4. The van der Waals surface area contributed by atoms with Gasteiger partial charge in [-0.05, 0) is 18.2 Å². The Bertz CT molecular complexity index is 683. The van der Waals surface area contributed by atoms with E-state index >= 15 is 0 Å². The van der Waals surface area contributed by atoms with Gasteiger partial charge in [-0.25, -0.2) is 4.39 Å². The number of ether oxygens (including phenoxy) is 1. The zero-order chi connectivity index (χ0) is 15.5. The minimum Gasteiger partial charge on any atom is -0.496 e. The van der Waals surface area contributed by atoms with E-state index in [-0.39, 0.29) is 5.91 Å². The molecule has 22 heavy (non-hydrogen) atoms. The Balaban J connectivity index is 1.75. The van der Waals surface area contributed by atoms with Gasteiger partial charge in [-0.15, -0.1) is 0 Å². The number of carbonyl (C=O) groups excluding carboxylic acids is 1. The second kappa shape index (κ2) is 6.83. The summed E-state index contributed by atoms with van der Waals surface area (Å²) in [5.41, 5.74) is 0.652. The predicted molar refractivity (Wildman–Crippen MR) is 90.7 cm³/mol. The maximum absolute atomic E-state index is 13.8. The molecule has 3 rings (SSSR count). The molecule has 1 amide bonds. The number of methoxy groups -OCH3 is 1. The number of aromatic nitrogens is 1. The Morgan fingerprint density at radius 3 is 3.09 bits per heavy atom. The third kappa shape index (κ3) is 3.20. The highest BCUT2D eigenvalue weighted by molar-refractivity contribution is 8.06. The SMILES string of the molecule is COc1ccc(F)c2[nH]c(C(=O)NC[C@H]3CSCCS3)cc12. The first-order valence-corrected chi connectivity index (χ1v) is 9.22. The van der Waals surface area contributed by atoms with Crippen LogP contribution in [0, 0.1) is 5.82 Å². The third-order valence-corrected chi connectivity index (χ3v) is 6.39. The number of benzene rings is 1. The molecule has 4 nitrogen and oxygen atoms in total. The Labute approximate surface area is 136 Å². The summed E-state index contributed by atoms with van der Waals surface area (Å²) >= 11 is 3.80. The minimum atomic E-state index is -0.394. The number of nitrogens with one attached hydrogen (secondary N) is 2. The van der Waals surface area contributed by atoms with Gasteiger partial charge < -0.3 is 15.0 Å². The van der Waals surface area contributed by atoms with E-state index < -0.39 is 5.82 Å². The topological polar surface area (TPSA) is 54.1 Å². The van der Waals surface area contributed by atoms with E-state index in [0.717, 1.165) is 11.5 Å². The van der Waals surface area contributed by atoms with Crippen LogP contribution in [0.2, 0.25) is 0 Å². The van der Waals surface area contributed by atoms with Crippen LogP contribution in [0.5, 0.6) is 5.75 Å². The van der Waals surface area contributed by atoms with Crippen molar-refractivity contribution in [2.24, 2.45) is 0 Å². The summed E-state index contributed by atoms with van der Waals surface area (Å²) in [6.45, 7) is 0.630. The lowest BCUT2D eigenvalue weighted by molar-refractivity contribution is 0.0950. The molecular weight excluding hydrogens is 323 g/mol. The van der Waals surface area contributed by atoms with E-state index in [4.69, 9.17) is 4.74 Å². The Kier molecular flexibility index (Phi) is 4.83. The number of hydrogen-bond donors (Lipinski definition) is 2. The molecule has 0 spiro atoms. The van der Waals surface area contributed by atoms with Gasteiger partial charge in [0.05, 0.1) is 12.6 Å². The number of aromatic amines is 1. The molecule has 0 bridgehead atoms. The molecule has 1 aromatic heterocycles. The number of thioether (sulfide) groups is 2. The van der Waals surface area contributed by atoms with E-state index in [0.29, 0.717) is 34.1 Å². The van der Waals surface area contributed by atoms with Gasteiger partial charge in [-0.2, -0.15) is 23.5 Å². The standard InChI is InChI=1S/C15H17FN2O2S2/c1-20-13-3-2-11(16)14-10(13)6-12(18-14)15(19)17-7-9-8-21-4-5-22-9/h2-3,6,9,18H,4-5,7-8H2,1H3,(H,17,19)/t9-/m0/s1. The van der Waals surface area contributed by atoms with E-state index in [1.165, 1.54) is 18.9 Å². The van der Waals surface area contributed by atoms with Crippen molar-refractivity contribution >= 4 is 40.3 Å². The second-order valence-corrected chi connectivity index (χ2v) is 7.56. The zero-order valence-corrected chi connectivity index (χ0v) is 13.8. The van der Waals surface area contributed by atoms with Crippen molar-refractivity contribution < 1.29 is 13.9 Å². The summed E-state index contributed by atoms with van der Waals surface area (Å²) in [4.78, 5) is 15.1. The highest BCUT2D eigenvalue weighted by atomic mass is 32.2. The average molecular weight is 340 g/mol. The van der Waals surface area contributed by atoms with Crippen LogP contribution < -0.4 is 10.1 Å². The molecule has 1 aliphatic heterocycles. The molecule has 2 heterocycles. The monoisotopic (exact) mass is 340 g/mol. The van der Waals surface area contributed by atoms with E-state index in [1.54, 1.807) is 12.1 Å². The average Bonchev–Trinajstić information content (AvgIpc) is 3.00. The molecule has 0 saturated carbocycles. The number of carbonyl (C=O) groups is 1. The smallest absolute Gasteiger partial charge is 0.267 e. The molecule has 1 fully saturated rings. The van der Waals surface area contributed by atoms with Crippen molar-refractivity contribution in [1.29, 1.82) is 0 Å². The molecule has 0 aliphatic carbocycles. The molecule has 7 heteroatoms. The number of hydrogen-bond acceptors (Lipinski definition) is 4. The third-order valence-electron chi connectivity index (χ3n) is 3.54. The van der Waals surface area contributed by atoms with E-state index in [9.17, 15) is 9.18 Å². The lowest BCUT2D eigenvalue weighted by Gasteiger charge is -2.20. The van der Waals surface area contributed by atoms with Crippen molar-refractivity contribution in [3.8, 4) is 5.75 Å². The number of fused-ring (bicyclic) bond motifs is 1. The number of H-pyrrole nitrogens is 1. The van der Waals surface area contributed by atoms with Gasteiger partial charge in [0.15, 0.2) is 0 Å². The van der Waals surface area contributed by atoms with Crippen molar-refractivity contribution in [3.63, 3.8) is 0 Å². The van der Waals surface area contributed by atoms with Crippen molar-refractivity contribution in [2.45, 2.75) is 5.25 Å². The highest BCUT2D eigenvalue weighted by Crippen LogP contribution is 2.28. The summed E-state index contributed by atoms with van der Waals surface area (Å²) in [5.74, 6) is 3.30. The normalized spacial score (nSPS) is 18.4. The largest absolute Gasteiger partial charge is 0.496 e. The first-order valence-electron chi connectivity index (χ1n) is 7.02. The van der Waals surface area contributed by atoms with Gasteiger partial charge >= 0.3 is 0 Å². The second-order valence-electron chi connectivity index (χ2n) is 5.00. The van der Waals surface area contributed by atoms with Crippen LogP contribution >= 0.6 is 23.5 Å². The molecule has 2 aromatic rings. The van der Waals surface area contributed by atoms with Gasteiger partial charge in [-0.3, -0.25) is 4.79 Å². The summed E-state index contributed by atoms with van der Waals surface area (Å²) in [7, 11) is 1.53. The Hall–Kier alpha value is -1.34. The van der Waals surface area contributed by atoms with Crippen LogP contribution in [-0.4, -0.2) is 47.1 Å². The Morgan fingerprint density at radius 1 is 1.50 bits per heavy atom. The van der Waals surface area contributed by atoms with Gasteiger partial charge in [0, 0.05) is 34.4 Å².